The number of aromatic nitrogens is 1. The molecule has 0 unspecified atom stereocenters. The molecule has 9 heteroatoms. The summed E-state index contributed by atoms with van der Waals surface area (Å²) in [6, 6.07) is 12.9. The summed E-state index contributed by atoms with van der Waals surface area (Å²) in [5.74, 6) is -1.21. The molecule has 0 bridgehead atoms. The van der Waals surface area contributed by atoms with Gasteiger partial charge in [-0.1, -0.05) is 24.3 Å². The predicted octanol–water partition coefficient (Wildman–Crippen LogP) is 5.30. The van der Waals surface area contributed by atoms with Crippen molar-refractivity contribution in [2.45, 2.75) is 38.4 Å². The van der Waals surface area contributed by atoms with Crippen molar-refractivity contribution in [3.63, 3.8) is 0 Å². The zero-order valence-electron chi connectivity index (χ0n) is 18.3. The second kappa shape index (κ2) is 7.51. The fourth-order valence-corrected chi connectivity index (χ4v) is 4.14. The van der Waals surface area contributed by atoms with Crippen LogP contribution in [0.2, 0.25) is 0 Å². The second-order valence-corrected chi connectivity index (χ2v) is 8.56. The number of nitrogens with zero attached hydrogens (tertiary/aromatic N) is 1. The lowest BCUT2D eigenvalue weighted by atomic mass is 9.94. The molecule has 0 atom stereocenters. The van der Waals surface area contributed by atoms with E-state index in [-0.39, 0.29) is 24.4 Å². The maximum atomic E-state index is 13.4. The van der Waals surface area contributed by atoms with Crippen LogP contribution in [-0.4, -0.2) is 28.3 Å². The third-order valence-corrected chi connectivity index (χ3v) is 6.22. The molecule has 0 radical (unpaired) electrons. The van der Waals surface area contributed by atoms with E-state index in [1.165, 1.54) is 12.1 Å². The van der Waals surface area contributed by atoms with Crippen LogP contribution in [0.3, 0.4) is 0 Å². The summed E-state index contributed by atoms with van der Waals surface area (Å²) in [7, 11) is 0. The molecule has 1 aliphatic carbocycles. The monoisotopic (exact) mass is 468 g/mol. The third kappa shape index (κ3) is 3.72. The number of anilines is 1. The van der Waals surface area contributed by atoms with Gasteiger partial charge in [0.15, 0.2) is 11.5 Å². The molecule has 1 fully saturated rings. The minimum atomic E-state index is -3.72. The lowest BCUT2D eigenvalue weighted by molar-refractivity contribution is -0.286. The number of hydrogen-bond acceptors (Lipinski definition) is 5. The molecule has 2 N–H and O–H groups in total. The zero-order chi connectivity index (χ0) is 24.3. The molecule has 1 saturated carbocycles. The van der Waals surface area contributed by atoms with Crippen LogP contribution in [0.15, 0.2) is 48.5 Å². The number of carboxylic acid groups (broad SMARTS) is 1. The van der Waals surface area contributed by atoms with E-state index in [9.17, 15) is 23.5 Å². The standard InChI is InChI=1S/C25H20F2N2O5.H2/c1-13-3-5-15(11-17(13)22(30)31)21-14(2)4-8-20(28-21)29-23(32)24(9-10-24)16-6-7-18-19(12-16)34-25(26,27)33-18;/h3-8,11-12H,9-10H2,1-2H3,(H,30,31)(H,28,29,32);1H. The Morgan fingerprint density at radius 1 is 1.00 bits per heavy atom. The van der Waals surface area contributed by atoms with Gasteiger partial charge in [0, 0.05) is 6.99 Å². The Kier molecular flexibility index (Phi) is 4.82. The molecule has 7 nitrogen and oxygen atoms in total. The number of hydrogen-bond donors (Lipinski definition) is 2. The lowest BCUT2D eigenvalue weighted by Crippen LogP contribution is -2.28. The van der Waals surface area contributed by atoms with Crippen LogP contribution < -0.4 is 14.8 Å². The highest BCUT2D eigenvalue weighted by Crippen LogP contribution is 2.52. The maximum absolute atomic E-state index is 13.4. The van der Waals surface area contributed by atoms with E-state index in [4.69, 9.17) is 0 Å². The van der Waals surface area contributed by atoms with Crippen LogP contribution in [0.25, 0.3) is 11.3 Å². The average Bonchev–Trinajstić information content (AvgIpc) is 3.52. The Balaban J connectivity index is 0.00000289. The Bertz CT molecular complexity index is 1360. The molecule has 2 aliphatic rings. The van der Waals surface area contributed by atoms with E-state index in [1.54, 1.807) is 43.3 Å². The number of ether oxygens (including phenoxy) is 2. The third-order valence-electron chi connectivity index (χ3n) is 6.22. The normalized spacial score (nSPS) is 16.7. The van der Waals surface area contributed by atoms with E-state index < -0.39 is 17.7 Å². The molecule has 2 aromatic carbocycles. The number of halogens is 2. The van der Waals surface area contributed by atoms with Crippen LogP contribution in [0.1, 0.15) is 41.3 Å². The van der Waals surface area contributed by atoms with Crippen LogP contribution >= 0.6 is 0 Å². The number of alkyl halides is 2. The van der Waals surface area contributed by atoms with Crippen LogP contribution in [-0.2, 0) is 10.2 Å². The Morgan fingerprint density at radius 3 is 2.41 bits per heavy atom. The number of pyridine rings is 1. The number of amides is 1. The maximum Gasteiger partial charge on any atom is 0.586 e. The van der Waals surface area contributed by atoms with Gasteiger partial charge < -0.3 is 19.9 Å². The van der Waals surface area contributed by atoms with Crippen molar-refractivity contribution in [2.75, 3.05) is 5.32 Å². The number of rotatable bonds is 5. The van der Waals surface area contributed by atoms with Gasteiger partial charge >= 0.3 is 12.3 Å². The van der Waals surface area contributed by atoms with E-state index in [1.807, 2.05) is 6.92 Å². The highest BCUT2D eigenvalue weighted by molar-refractivity contribution is 6.01. The number of benzene rings is 2. The highest BCUT2D eigenvalue weighted by Gasteiger charge is 2.53. The molecule has 1 aromatic heterocycles. The molecule has 34 heavy (non-hydrogen) atoms. The van der Waals surface area contributed by atoms with Gasteiger partial charge in [0.2, 0.25) is 5.91 Å². The van der Waals surface area contributed by atoms with Crippen molar-refractivity contribution in [1.82, 2.24) is 4.98 Å². The number of carbonyl (C=O) groups is 2. The number of carboxylic acids is 1. The van der Waals surface area contributed by atoms with Crippen molar-refractivity contribution in [3.05, 3.63) is 70.8 Å². The molecule has 2 heterocycles. The van der Waals surface area contributed by atoms with E-state index in [0.29, 0.717) is 41.0 Å². The van der Waals surface area contributed by atoms with Crippen molar-refractivity contribution in [2.24, 2.45) is 0 Å². The average molecular weight is 468 g/mol. The number of fused-ring (bicyclic) bond motifs is 1. The molecule has 1 aliphatic heterocycles. The second-order valence-electron chi connectivity index (χ2n) is 8.56. The van der Waals surface area contributed by atoms with Crippen molar-refractivity contribution >= 4 is 17.7 Å². The number of carbonyl (C=O) groups excluding carboxylic acids is 1. The van der Waals surface area contributed by atoms with Gasteiger partial charge in [-0.15, -0.1) is 8.78 Å². The summed E-state index contributed by atoms with van der Waals surface area (Å²) >= 11 is 0. The van der Waals surface area contributed by atoms with Gasteiger partial charge in [0.1, 0.15) is 5.82 Å². The van der Waals surface area contributed by atoms with Gasteiger partial charge in [0.25, 0.3) is 0 Å². The van der Waals surface area contributed by atoms with E-state index in [0.717, 1.165) is 5.56 Å². The quantitative estimate of drug-likeness (QED) is 0.527. The first-order chi connectivity index (χ1) is 16.1. The minimum absolute atomic E-state index is 0. The van der Waals surface area contributed by atoms with Gasteiger partial charge in [-0.3, -0.25) is 4.79 Å². The summed E-state index contributed by atoms with van der Waals surface area (Å²) < 4.78 is 35.7. The van der Waals surface area contributed by atoms with Gasteiger partial charge in [-0.05, 0) is 67.6 Å². The predicted molar refractivity (Wildman–Crippen MR) is 120 cm³/mol. The van der Waals surface area contributed by atoms with Gasteiger partial charge in [0.05, 0.1) is 16.7 Å². The first-order valence-corrected chi connectivity index (χ1v) is 10.6. The molecular formula is C25H22F2N2O5. The smallest absolute Gasteiger partial charge is 0.478 e. The Hall–Kier alpha value is -4.01. The number of aromatic carboxylic acids is 1. The molecule has 5 rings (SSSR count). The molecular weight excluding hydrogens is 446 g/mol. The highest BCUT2D eigenvalue weighted by atomic mass is 19.3. The number of aryl methyl sites for hydroxylation is 2. The van der Waals surface area contributed by atoms with E-state index >= 15 is 0 Å². The van der Waals surface area contributed by atoms with Crippen LogP contribution in [0.4, 0.5) is 14.6 Å². The molecule has 3 aromatic rings. The van der Waals surface area contributed by atoms with E-state index in [2.05, 4.69) is 19.8 Å². The van der Waals surface area contributed by atoms with Gasteiger partial charge in [-0.2, -0.15) is 0 Å². The van der Waals surface area contributed by atoms with Crippen LogP contribution in [0.5, 0.6) is 11.5 Å². The summed E-state index contributed by atoms with van der Waals surface area (Å²) in [5.41, 5.74) is 2.49. The first kappa shape index (κ1) is 21.8. The summed E-state index contributed by atoms with van der Waals surface area (Å²) in [6.45, 7) is 3.56. The first-order valence-electron chi connectivity index (χ1n) is 10.6. The summed E-state index contributed by atoms with van der Waals surface area (Å²) in [5, 5.41) is 12.3. The molecule has 0 spiro atoms. The van der Waals surface area contributed by atoms with Crippen LogP contribution in [0, 0.1) is 13.8 Å². The fraction of sp³-hybridized carbons (Fsp3) is 0.240. The van der Waals surface area contributed by atoms with Gasteiger partial charge in [-0.25, -0.2) is 9.78 Å². The van der Waals surface area contributed by atoms with Crippen molar-refractivity contribution < 1.29 is 34.4 Å². The molecule has 1 amide bonds. The molecule has 176 valence electrons. The SMILES string of the molecule is Cc1ccc(-c2nc(NC(=O)C3(c4ccc5c(c4)OC(F)(F)O5)CC3)ccc2C)cc1C(=O)O.[HH]. The Morgan fingerprint density at radius 2 is 1.71 bits per heavy atom. The topological polar surface area (TPSA) is 97.8 Å². The zero-order valence-corrected chi connectivity index (χ0v) is 18.3. The fourth-order valence-electron chi connectivity index (χ4n) is 4.14. The van der Waals surface area contributed by atoms with Crippen molar-refractivity contribution in [1.29, 1.82) is 0 Å². The lowest BCUT2D eigenvalue weighted by Gasteiger charge is -2.17. The van der Waals surface area contributed by atoms with Crippen molar-refractivity contribution in [3.8, 4) is 22.8 Å². The molecule has 0 saturated heterocycles. The summed E-state index contributed by atoms with van der Waals surface area (Å²) in [4.78, 5) is 29.3. The minimum Gasteiger partial charge on any atom is -0.478 e. The number of nitrogens with one attached hydrogen (secondary N) is 1. The largest absolute Gasteiger partial charge is 0.586 e. The summed E-state index contributed by atoms with van der Waals surface area (Å²) in [6.07, 6.45) is -2.63. The Labute approximate surface area is 194 Å².